The summed E-state index contributed by atoms with van der Waals surface area (Å²) in [4.78, 5) is 34.1. The second kappa shape index (κ2) is 45.7. The van der Waals surface area contributed by atoms with Gasteiger partial charge in [-0.15, -0.1) is 0 Å². The monoisotopic (exact) mass is 919 g/mol. The Bertz CT molecular complexity index is 1130. The topological polar surface area (TPSA) is 200 Å². The highest BCUT2D eigenvalue weighted by atomic mass is 31.2. The molecule has 0 aliphatic heterocycles. The van der Waals surface area contributed by atoms with E-state index in [-0.39, 0.29) is 12.2 Å². The molecule has 0 rings (SSSR count). The van der Waals surface area contributed by atoms with Crippen molar-refractivity contribution < 1.29 is 58.4 Å². The standard InChI is InChI=1S/C50H95O12P/c1-2-3-4-5-6-7-8-9-10-11-12-13-14-15-17-20-23-26-29-32-35-38-45(53)39-36-33-30-27-24-21-18-16-19-22-25-28-31-34-37-40-49(56)60-43-46(41-51)62-63(58,59)61-44-48(55)50(57)47(54)42-52/h23,26,35,38,46-48,50-52,54-55,57H,2-22,24-25,27-34,36-37,39-44H2,1H3,(H,58,59)/t46-,47+,48+,50-/m0/s1. The van der Waals surface area contributed by atoms with E-state index in [4.69, 9.17) is 14.4 Å². The second-order valence-corrected chi connectivity index (χ2v) is 19.0. The molecule has 0 bridgehead atoms. The Balaban J connectivity index is 3.53. The molecule has 0 aromatic carbocycles. The number of carbonyl (C=O) groups excluding carboxylic acids is 2. The number of unbranched alkanes of at least 4 members (excludes halogenated alkanes) is 30. The number of hydrogen-bond acceptors (Lipinski definition) is 11. The van der Waals surface area contributed by atoms with Crippen molar-refractivity contribution in [3.63, 3.8) is 0 Å². The van der Waals surface area contributed by atoms with Gasteiger partial charge >= 0.3 is 13.8 Å². The summed E-state index contributed by atoms with van der Waals surface area (Å²) >= 11 is 0. The molecule has 372 valence electrons. The van der Waals surface area contributed by atoms with Crippen LogP contribution in [0.3, 0.4) is 0 Å². The van der Waals surface area contributed by atoms with Gasteiger partial charge in [0.15, 0.2) is 5.78 Å². The molecule has 0 fully saturated rings. The zero-order chi connectivity index (χ0) is 46.5. The van der Waals surface area contributed by atoms with E-state index >= 15 is 0 Å². The third kappa shape index (κ3) is 42.9. The highest BCUT2D eigenvalue weighted by Crippen LogP contribution is 2.44. The Morgan fingerprint density at radius 2 is 0.921 bits per heavy atom. The quantitative estimate of drug-likeness (QED) is 0.0111. The van der Waals surface area contributed by atoms with Gasteiger partial charge in [0.2, 0.25) is 0 Å². The largest absolute Gasteiger partial charge is 0.472 e. The number of rotatable bonds is 49. The van der Waals surface area contributed by atoms with Gasteiger partial charge in [-0.1, -0.05) is 199 Å². The molecule has 5 atom stereocenters. The van der Waals surface area contributed by atoms with Crippen molar-refractivity contribution in [2.24, 2.45) is 0 Å². The van der Waals surface area contributed by atoms with Crippen LogP contribution in [0.5, 0.6) is 0 Å². The predicted molar refractivity (Wildman–Crippen MR) is 254 cm³/mol. The Morgan fingerprint density at radius 3 is 1.38 bits per heavy atom. The van der Waals surface area contributed by atoms with Gasteiger partial charge < -0.3 is 35.2 Å². The van der Waals surface area contributed by atoms with Gasteiger partial charge in [-0.3, -0.25) is 18.6 Å². The minimum absolute atomic E-state index is 0.177. The number of aliphatic hydroxyl groups is 5. The number of carbonyl (C=O) groups is 2. The molecular weight excluding hydrogens is 824 g/mol. The number of phosphoric ester groups is 1. The van der Waals surface area contributed by atoms with Gasteiger partial charge in [0, 0.05) is 12.8 Å². The van der Waals surface area contributed by atoms with E-state index in [0.29, 0.717) is 12.8 Å². The molecule has 12 nitrogen and oxygen atoms in total. The lowest BCUT2D eigenvalue weighted by Crippen LogP contribution is -2.41. The number of hydrogen-bond donors (Lipinski definition) is 6. The third-order valence-corrected chi connectivity index (χ3v) is 12.6. The fourth-order valence-corrected chi connectivity index (χ4v) is 8.36. The first-order valence-electron chi connectivity index (χ1n) is 25.5. The lowest BCUT2D eigenvalue weighted by molar-refractivity contribution is -0.147. The molecule has 0 spiro atoms. The number of ketones is 1. The molecule has 0 aromatic heterocycles. The summed E-state index contributed by atoms with van der Waals surface area (Å²) in [7, 11) is -4.80. The molecule has 0 aliphatic rings. The van der Waals surface area contributed by atoms with Crippen LogP contribution in [0.15, 0.2) is 24.3 Å². The van der Waals surface area contributed by atoms with Crippen molar-refractivity contribution in [3.8, 4) is 0 Å². The van der Waals surface area contributed by atoms with E-state index in [9.17, 15) is 39.5 Å². The molecule has 0 aliphatic carbocycles. The maximum absolute atomic E-state index is 12.2. The van der Waals surface area contributed by atoms with Crippen molar-refractivity contribution in [1.29, 1.82) is 0 Å². The number of allylic oxidation sites excluding steroid dienone is 4. The van der Waals surface area contributed by atoms with Crippen molar-refractivity contribution in [2.75, 3.05) is 26.4 Å². The highest BCUT2D eigenvalue weighted by molar-refractivity contribution is 7.47. The molecule has 0 saturated carbocycles. The van der Waals surface area contributed by atoms with E-state index in [2.05, 4.69) is 23.6 Å². The van der Waals surface area contributed by atoms with Crippen LogP contribution in [0.1, 0.15) is 232 Å². The molecule has 6 N–H and O–H groups in total. The smallest absolute Gasteiger partial charge is 0.463 e. The molecule has 1 unspecified atom stereocenters. The Hall–Kier alpha value is -1.47. The molecule has 0 radical (unpaired) electrons. The summed E-state index contributed by atoms with van der Waals surface area (Å²) in [6.45, 7) is -0.665. The van der Waals surface area contributed by atoms with Crippen LogP contribution in [-0.4, -0.2) is 93.0 Å². The first-order valence-corrected chi connectivity index (χ1v) is 27.0. The van der Waals surface area contributed by atoms with E-state index in [1.165, 1.54) is 161 Å². The van der Waals surface area contributed by atoms with E-state index in [1.54, 1.807) is 6.08 Å². The minimum atomic E-state index is -4.80. The van der Waals surface area contributed by atoms with Gasteiger partial charge in [0.25, 0.3) is 0 Å². The molecule has 13 heteroatoms. The summed E-state index contributed by atoms with van der Waals surface area (Å²) in [6, 6.07) is 0. The summed E-state index contributed by atoms with van der Waals surface area (Å²) in [5.41, 5.74) is 0. The van der Waals surface area contributed by atoms with Gasteiger partial charge in [-0.25, -0.2) is 4.57 Å². The molecule has 0 aromatic rings. The number of phosphoric acid groups is 1. The summed E-state index contributed by atoms with van der Waals surface area (Å²) in [5, 5.41) is 46.8. The SMILES string of the molecule is CCCCCCCCCCCCCCCCCC=CCCC=CC(=O)CCCCCCCCCCCCCCCCCC(=O)OC[C@H](CO)OP(=O)(O)OC[C@@H](O)[C@@H](O)[C@H](O)CO. The average molecular weight is 919 g/mol. The molecular formula is C50H95O12P. The molecule has 63 heavy (non-hydrogen) atoms. The highest BCUT2D eigenvalue weighted by Gasteiger charge is 2.31. The summed E-state index contributed by atoms with van der Waals surface area (Å²) in [6.07, 6.45) is 43.8. The molecule has 0 amide bonds. The fraction of sp³-hybridized carbons (Fsp3) is 0.880. The van der Waals surface area contributed by atoms with Crippen LogP contribution >= 0.6 is 7.82 Å². The van der Waals surface area contributed by atoms with Crippen molar-refractivity contribution >= 4 is 19.6 Å². The van der Waals surface area contributed by atoms with Crippen LogP contribution in [0.25, 0.3) is 0 Å². The second-order valence-electron chi connectivity index (χ2n) is 17.6. The van der Waals surface area contributed by atoms with Crippen molar-refractivity contribution in [2.45, 2.75) is 256 Å². The van der Waals surface area contributed by atoms with Crippen molar-refractivity contribution in [1.82, 2.24) is 0 Å². The summed E-state index contributed by atoms with van der Waals surface area (Å²) in [5.74, 6) is -0.255. The average Bonchev–Trinajstić information content (AvgIpc) is 3.27. The van der Waals surface area contributed by atoms with E-state index < -0.39 is 64.6 Å². The first kappa shape index (κ1) is 61.5. The Labute approximate surface area is 383 Å². The number of aliphatic hydroxyl groups excluding tert-OH is 5. The van der Waals surface area contributed by atoms with E-state index in [1.807, 2.05) is 6.08 Å². The van der Waals surface area contributed by atoms with Gasteiger partial charge in [-0.05, 0) is 44.6 Å². The molecule has 0 saturated heterocycles. The van der Waals surface area contributed by atoms with Crippen LogP contribution in [-0.2, 0) is 27.9 Å². The lowest BCUT2D eigenvalue weighted by Gasteiger charge is -2.23. The lowest BCUT2D eigenvalue weighted by atomic mass is 10.0. The van der Waals surface area contributed by atoms with Crippen molar-refractivity contribution in [3.05, 3.63) is 24.3 Å². The van der Waals surface area contributed by atoms with Crippen LogP contribution in [0.2, 0.25) is 0 Å². The number of ether oxygens (including phenoxy) is 1. The van der Waals surface area contributed by atoms with Crippen LogP contribution in [0, 0.1) is 0 Å². The van der Waals surface area contributed by atoms with Crippen LogP contribution < -0.4 is 0 Å². The van der Waals surface area contributed by atoms with E-state index in [0.717, 1.165) is 44.9 Å². The Kier molecular flexibility index (Phi) is 44.6. The maximum atomic E-state index is 12.2. The normalized spacial score (nSPS) is 14.9. The summed E-state index contributed by atoms with van der Waals surface area (Å²) < 4.78 is 26.5. The Morgan fingerprint density at radius 1 is 0.508 bits per heavy atom. The number of esters is 1. The maximum Gasteiger partial charge on any atom is 0.472 e. The fourth-order valence-electron chi connectivity index (χ4n) is 7.45. The van der Waals surface area contributed by atoms with Crippen LogP contribution in [0.4, 0.5) is 0 Å². The third-order valence-electron chi connectivity index (χ3n) is 11.5. The first-order chi connectivity index (χ1) is 30.6. The zero-order valence-corrected chi connectivity index (χ0v) is 40.7. The van der Waals surface area contributed by atoms with Gasteiger partial charge in [-0.2, -0.15) is 0 Å². The van der Waals surface area contributed by atoms with Gasteiger partial charge in [0.05, 0.1) is 19.8 Å². The predicted octanol–water partition coefficient (Wildman–Crippen LogP) is 11.5. The van der Waals surface area contributed by atoms with Gasteiger partial charge in [0.1, 0.15) is 31.0 Å². The molecule has 0 heterocycles. The zero-order valence-electron chi connectivity index (χ0n) is 39.8. The minimum Gasteiger partial charge on any atom is -0.463 e.